The number of benzene rings is 2. The molecule has 3 nitrogen and oxygen atoms in total. The van der Waals surface area contributed by atoms with Gasteiger partial charge in [0, 0.05) is 22.4 Å². The molecule has 0 atom stereocenters. The van der Waals surface area contributed by atoms with Crippen LogP contribution in [0.5, 0.6) is 0 Å². The molecule has 3 heteroatoms. The molecule has 0 saturated heterocycles. The highest BCUT2D eigenvalue weighted by atomic mass is 16.4. The Bertz CT molecular complexity index is 1080. The van der Waals surface area contributed by atoms with Crippen molar-refractivity contribution in [2.24, 2.45) is 0 Å². The molecule has 2 aromatic heterocycles. The summed E-state index contributed by atoms with van der Waals surface area (Å²) in [5.41, 5.74) is 2.37. The Hall–Kier alpha value is -2.68. The summed E-state index contributed by atoms with van der Waals surface area (Å²) in [6.45, 7) is 4.29. The monoisotopic (exact) mass is 289 g/mol. The van der Waals surface area contributed by atoms with Crippen LogP contribution in [0.3, 0.4) is 0 Å². The van der Waals surface area contributed by atoms with E-state index >= 15 is 0 Å². The summed E-state index contributed by atoms with van der Waals surface area (Å²) in [6, 6.07) is 13.6. The van der Waals surface area contributed by atoms with E-state index < -0.39 is 0 Å². The number of nitrogens with zero attached hydrogens (tertiary/aromatic N) is 1. The maximum absolute atomic E-state index is 12.3. The Kier molecular flexibility index (Phi) is 2.76. The third kappa shape index (κ3) is 1.82. The molecule has 2 heterocycles. The molecule has 0 N–H and O–H groups in total. The fraction of sp³-hybridized carbons (Fsp3) is 0.158. The van der Waals surface area contributed by atoms with E-state index in [1.54, 1.807) is 12.3 Å². The first-order chi connectivity index (χ1) is 10.6. The van der Waals surface area contributed by atoms with E-state index in [1.165, 1.54) is 5.56 Å². The van der Waals surface area contributed by atoms with Gasteiger partial charge in [-0.1, -0.05) is 38.1 Å². The Labute approximate surface area is 127 Å². The molecule has 0 fully saturated rings. The largest absolute Gasteiger partial charge is 0.421 e. The molecule has 0 aliphatic heterocycles. The van der Waals surface area contributed by atoms with Crippen LogP contribution >= 0.6 is 0 Å². The number of pyridine rings is 1. The molecule has 0 amide bonds. The zero-order valence-corrected chi connectivity index (χ0v) is 12.5. The Morgan fingerprint density at radius 3 is 2.50 bits per heavy atom. The third-order valence-corrected chi connectivity index (χ3v) is 4.14. The van der Waals surface area contributed by atoms with Crippen molar-refractivity contribution in [2.75, 3.05) is 0 Å². The average molecular weight is 289 g/mol. The maximum atomic E-state index is 12.3. The van der Waals surface area contributed by atoms with Gasteiger partial charge >= 0.3 is 5.63 Å². The van der Waals surface area contributed by atoms with Gasteiger partial charge < -0.3 is 4.42 Å². The fourth-order valence-corrected chi connectivity index (χ4v) is 2.89. The highest BCUT2D eigenvalue weighted by Crippen LogP contribution is 2.29. The summed E-state index contributed by atoms with van der Waals surface area (Å²) < 4.78 is 5.63. The van der Waals surface area contributed by atoms with E-state index in [2.05, 4.69) is 31.0 Å². The Balaban J connectivity index is 2.24. The molecule has 0 aliphatic carbocycles. The minimum atomic E-state index is -0.300. The van der Waals surface area contributed by atoms with Crippen molar-refractivity contribution in [3.63, 3.8) is 0 Å². The number of hydrogen-bond acceptors (Lipinski definition) is 3. The van der Waals surface area contributed by atoms with Crippen LogP contribution in [0.25, 0.3) is 32.6 Å². The van der Waals surface area contributed by atoms with Gasteiger partial charge in [-0.15, -0.1) is 0 Å². The van der Waals surface area contributed by atoms with Crippen molar-refractivity contribution in [1.29, 1.82) is 0 Å². The van der Waals surface area contributed by atoms with Gasteiger partial charge in [-0.05, 0) is 29.7 Å². The first-order valence-corrected chi connectivity index (χ1v) is 7.39. The van der Waals surface area contributed by atoms with Crippen LogP contribution in [-0.2, 0) is 0 Å². The van der Waals surface area contributed by atoms with E-state index in [9.17, 15) is 4.79 Å². The lowest BCUT2D eigenvalue weighted by atomic mass is 9.99. The number of aromatic nitrogens is 1. The second-order valence-electron chi connectivity index (χ2n) is 5.87. The standard InChI is InChI=1S/C19H15NO2/c1-11(2)12-7-8-17-15(9-12)18-16(10-20-17)13-5-3-4-6-14(13)19(21)22-18/h3-11H,1-2H3. The topological polar surface area (TPSA) is 43.1 Å². The quantitative estimate of drug-likeness (QED) is 0.480. The van der Waals surface area contributed by atoms with Gasteiger partial charge in [0.1, 0.15) is 5.58 Å². The van der Waals surface area contributed by atoms with Crippen molar-refractivity contribution in [3.05, 3.63) is 64.6 Å². The first kappa shape index (κ1) is 13.0. The van der Waals surface area contributed by atoms with E-state index in [4.69, 9.17) is 4.42 Å². The van der Waals surface area contributed by atoms with E-state index in [-0.39, 0.29) is 5.63 Å². The van der Waals surface area contributed by atoms with Gasteiger partial charge in [0.25, 0.3) is 0 Å². The van der Waals surface area contributed by atoms with Crippen molar-refractivity contribution in [1.82, 2.24) is 4.98 Å². The molecule has 0 bridgehead atoms. The van der Waals surface area contributed by atoms with Crippen LogP contribution in [0.15, 0.2) is 57.9 Å². The zero-order chi connectivity index (χ0) is 15.3. The van der Waals surface area contributed by atoms with Crippen LogP contribution in [0.2, 0.25) is 0 Å². The molecule has 22 heavy (non-hydrogen) atoms. The van der Waals surface area contributed by atoms with Gasteiger partial charge in [-0.25, -0.2) is 4.79 Å². The maximum Gasteiger partial charge on any atom is 0.344 e. The normalized spacial score (nSPS) is 11.8. The van der Waals surface area contributed by atoms with Crippen LogP contribution < -0.4 is 5.63 Å². The summed E-state index contributed by atoms with van der Waals surface area (Å²) >= 11 is 0. The summed E-state index contributed by atoms with van der Waals surface area (Å²) in [5, 5.41) is 3.25. The van der Waals surface area contributed by atoms with Crippen molar-refractivity contribution >= 4 is 32.6 Å². The van der Waals surface area contributed by atoms with E-state index in [1.807, 2.05) is 24.3 Å². The smallest absolute Gasteiger partial charge is 0.344 e. The molecule has 0 spiro atoms. The molecular formula is C19H15NO2. The lowest BCUT2D eigenvalue weighted by Crippen LogP contribution is -2.00. The molecule has 0 saturated carbocycles. The van der Waals surface area contributed by atoms with Crippen LogP contribution in [0, 0.1) is 0 Å². The number of hydrogen-bond donors (Lipinski definition) is 0. The molecule has 4 rings (SSSR count). The van der Waals surface area contributed by atoms with Crippen LogP contribution in [-0.4, -0.2) is 4.98 Å². The predicted octanol–water partition coefficient (Wildman–Crippen LogP) is 4.62. The highest BCUT2D eigenvalue weighted by Gasteiger charge is 2.11. The van der Waals surface area contributed by atoms with Crippen LogP contribution in [0.4, 0.5) is 0 Å². The number of fused-ring (bicyclic) bond motifs is 5. The molecule has 0 aliphatic rings. The molecule has 0 unspecified atom stereocenters. The second kappa shape index (κ2) is 4.67. The van der Waals surface area contributed by atoms with Crippen LogP contribution in [0.1, 0.15) is 25.3 Å². The van der Waals surface area contributed by atoms with Gasteiger partial charge in [0.15, 0.2) is 0 Å². The third-order valence-electron chi connectivity index (χ3n) is 4.14. The van der Waals surface area contributed by atoms with Gasteiger partial charge in [0.2, 0.25) is 0 Å². The van der Waals surface area contributed by atoms with Crippen molar-refractivity contribution in [3.8, 4) is 0 Å². The van der Waals surface area contributed by atoms with Crippen molar-refractivity contribution in [2.45, 2.75) is 19.8 Å². The Morgan fingerprint density at radius 1 is 0.955 bits per heavy atom. The highest BCUT2D eigenvalue weighted by molar-refractivity contribution is 6.12. The lowest BCUT2D eigenvalue weighted by molar-refractivity contribution is 0.572. The molecule has 2 aromatic carbocycles. The molecule has 0 radical (unpaired) electrons. The minimum absolute atomic E-state index is 0.300. The Morgan fingerprint density at radius 2 is 1.73 bits per heavy atom. The molecule has 108 valence electrons. The molecular weight excluding hydrogens is 274 g/mol. The average Bonchev–Trinajstić information content (AvgIpc) is 2.54. The summed E-state index contributed by atoms with van der Waals surface area (Å²) in [6.07, 6.45) is 1.79. The summed E-state index contributed by atoms with van der Waals surface area (Å²) in [7, 11) is 0. The first-order valence-electron chi connectivity index (χ1n) is 7.39. The van der Waals surface area contributed by atoms with Gasteiger partial charge in [0.05, 0.1) is 10.9 Å². The summed E-state index contributed by atoms with van der Waals surface area (Å²) in [4.78, 5) is 16.8. The van der Waals surface area contributed by atoms with Crippen molar-refractivity contribution < 1.29 is 4.42 Å². The van der Waals surface area contributed by atoms with Gasteiger partial charge in [-0.2, -0.15) is 0 Å². The molecule has 4 aromatic rings. The van der Waals surface area contributed by atoms with E-state index in [0.717, 1.165) is 21.7 Å². The zero-order valence-electron chi connectivity index (χ0n) is 12.5. The lowest BCUT2D eigenvalue weighted by Gasteiger charge is -2.09. The summed E-state index contributed by atoms with van der Waals surface area (Å²) in [5.74, 6) is 0.409. The van der Waals surface area contributed by atoms with E-state index in [0.29, 0.717) is 16.9 Å². The fourth-order valence-electron chi connectivity index (χ4n) is 2.89. The second-order valence-corrected chi connectivity index (χ2v) is 5.87. The number of rotatable bonds is 1. The minimum Gasteiger partial charge on any atom is -0.421 e. The SMILES string of the molecule is CC(C)c1ccc2ncc3c4ccccc4c(=O)oc3c2c1. The van der Waals surface area contributed by atoms with Gasteiger partial charge in [-0.3, -0.25) is 4.98 Å². The predicted molar refractivity (Wildman–Crippen MR) is 89.4 cm³/mol.